The van der Waals surface area contributed by atoms with E-state index in [1.807, 2.05) is 17.8 Å². The summed E-state index contributed by atoms with van der Waals surface area (Å²) >= 11 is 1.91. The van der Waals surface area contributed by atoms with E-state index < -0.39 is 0 Å². The fourth-order valence-electron chi connectivity index (χ4n) is 1.05. The van der Waals surface area contributed by atoms with E-state index in [1.54, 1.807) is 12.5 Å². The molecule has 0 radical (unpaired) electrons. The number of hydrogen-bond acceptors (Lipinski definition) is 3. The third kappa shape index (κ3) is 4.39. The number of thioether (sulfide) groups is 1. The zero-order chi connectivity index (χ0) is 9.52. The second-order valence-electron chi connectivity index (χ2n) is 3.14. The summed E-state index contributed by atoms with van der Waals surface area (Å²) in [5.74, 6) is 0. The molecule has 74 valence electrons. The van der Waals surface area contributed by atoms with Gasteiger partial charge in [-0.3, -0.25) is 0 Å². The molecule has 3 heteroatoms. The van der Waals surface area contributed by atoms with Gasteiger partial charge >= 0.3 is 0 Å². The average Bonchev–Trinajstić information content (AvgIpc) is 2.64. The normalized spacial score (nSPS) is 13.1. The third-order valence-electron chi connectivity index (χ3n) is 2.04. The van der Waals surface area contributed by atoms with E-state index in [2.05, 4.69) is 18.5 Å². The van der Waals surface area contributed by atoms with E-state index in [4.69, 9.17) is 4.42 Å². The maximum Gasteiger partial charge on any atom is 0.0947 e. The molecule has 1 atom stereocenters. The van der Waals surface area contributed by atoms with Crippen molar-refractivity contribution in [3.05, 3.63) is 24.2 Å². The van der Waals surface area contributed by atoms with Gasteiger partial charge in [-0.15, -0.1) is 0 Å². The number of hydrogen-bond donors (Lipinski definition) is 1. The molecule has 0 fully saturated rings. The Morgan fingerprint density at radius 1 is 1.62 bits per heavy atom. The van der Waals surface area contributed by atoms with Crippen LogP contribution in [0.3, 0.4) is 0 Å². The highest BCUT2D eigenvalue weighted by molar-refractivity contribution is 7.99. The molecular formula is C10H17NOS. The van der Waals surface area contributed by atoms with Crippen molar-refractivity contribution in [3.63, 3.8) is 0 Å². The summed E-state index contributed by atoms with van der Waals surface area (Å²) in [6.07, 6.45) is 6.87. The molecule has 0 bridgehead atoms. The predicted molar refractivity (Wildman–Crippen MR) is 58.0 cm³/mol. The van der Waals surface area contributed by atoms with Gasteiger partial charge in [0.05, 0.1) is 12.5 Å². The highest BCUT2D eigenvalue weighted by Gasteiger charge is 1.98. The van der Waals surface area contributed by atoms with Crippen molar-refractivity contribution in [2.75, 3.05) is 12.8 Å². The quantitative estimate of drug-likeness (QED) is 0.713. The number of nitrogens with one attached hydrogen (secondary N) is 1. The Morgan fingerprint density at radius 3 is 3.08 bits per heavy atom. The van der Waals surface area contributed by atoms with Gasteiger partial charge in [0.15, 0.2) is 0 Å². The highest BCUT2D eigenvalue weighted by Crippen LogP contribution is 2.08. The zero-order valence-corrected chi connectivity index (χ0v) is 9.06. The van der Waals surface area contributed by atoms with Crippen LogP contribution in [0.15, 0.2) is 23.0 Å². The molecule has 0 aliphatic carbocycles. The van der Waals surface area contributed by atoms with Gasteiger partial charge in [0.1, 0.15) is 0 Å². The lowest BCUT2D eigenvalue weighted by atomic mass is 10.3. The summed E-state index contributed by atoms with van der Waals surface area (Å²) in [6, 6.07) is 1.99. The zero-order valence-electron chi connectivity index (χ0n) is 8.25. The molecule has 1 aromatic heterocycles. The lowest BCUT2D eigenvalue weighted by Crippen LogP contribution is -2.17. The van der Waals surface area contributed by atoms with Crippen LogP contribution in [0.2, 0.25) is 0 Å². The van der Waals surface area contributed by atoms with Crippen molar-refractivity contribution in [2.24, 2.45) is 0 Å². The molecule has 0 spiro atoms. The first-order chi connectivity index (χ1) is 6.33. The van der Waals surface area contributed by atoms with Gasteiger partial charge in [0.25, 0.3) is 0 Å². The Morgan fingerprint density at radius 2 is 2.46 bits per heavy atom. The number of furan rings is 1. The van der Waals surface area contributed by atoms with E-state index in [-0.39, 0.29) is 0 Å². The molecule has 1 N–H and O–H groups in total. The van der Waals surface area contributed by atoms with Crippen LogP contribution < -0.4 is 5.32 Å². The molecule has 0 aliphatic heterocycles. The monoisotopic (exact) mass is 199 g/mol. The second kappa shape index (κ2) is 6.11. The minimum Gasteiger partial charge on any atom is -0.472 e. The Balaban J connectivity index is 2.02. The van der Waals surface area contributed by atoms with E-state index >= 15 is 0 Å². The van der Waals surface area contributed by atoms with Gasteiger partial charge in [-0.1, -0.05) is 6.92 Å². The topological polar surface area (TPSA) is 25.2 Å². The summed E-state index contributed by atoms with van der Waals surface area (Å²) in [4.78, 5) is 0. The maximum atomic E-state index is 4.97. The van der Waals surface area contributed by atoms with Crippen molar-refractivity contribution in [1.29, 1.82) is 0 Å². The van der Waals surface area contributed by atoms with Crippen molar-refractivity contribution in [1.82, 2.24) is 5.32 Å². The van der Waals surface area contributed by atoms with E-state index in [0.717, 1.165) is 18.3 Å². The van der Waals surface area contributed by atoms with Crippen LogP contribution in [-0.2, 0) is 6.54 Å². The molecule has 2 nitrogen and oxygen atoms in total. The van der Waals surface area contributed by atoms with Gasteiger partial charge in [0.2, 0.25) is 0 Å². The SMILES string of the molecule is CSC(C)CCNCc1ccoc1. The number of rotatable bonds is 6. The Kier molecular flexibility index (Phi) is 5.01. The van der Waals surface area contributed by atoms with E-state index in [0.29, 0.717) is 0 Å². The molecule has 13 heavy (non-hydrogen) atoms. The van der Waals surface area contributed by atoms with Gasteiger partial charge in [-0.25, -0.2) is 0 Å². The van der Waals surface area contributed by atoms with Crippen LogP contribution in [0, 0.1) is 0 Å². The fraction of sp³-hybridized carbons (Fsp3) is 0.600. The molecule has 1 rings (SSSR count). The van der Waals surface area contributed by atoms with Crippen molar-refractivity contribution in [3.8, 4) is 0 Å². The van der Waals surface area contributed by atoms with Crippen LogP contribution >= 0.6 is 11.8 Å². The summed E-state index contributed by atoms with van der Waals surface area (Å²) in [5.41, 5.74) is 1.22. The predicted octanol–water partition coefficient (Wildman–Crippen LogP) is 2.51. The first-order valence-electron chi connectivity index (χ1n) is 4.57. The smallest absolute Gasteiger partial charge is 0.0947 e. The van der Waals surface area contributed by atoms with Gasteiger partial charge in [-0.2, -0.15) is 11.8 Å². The summed E-state index contributed by atoms with van der Waals surface area (Å²) in [7, 11) is 0. The van der Waals surface area contributed by atoms with Gasteiger partial charge < -0.3 is 9.73 Å². The largest absolute Gasteiger partial charge is 0.472 e. The standard InChI is InChI=1S/C10H17NOS/c1-9(13-2)3-5-11-7-10-4-6-12-8-10/h4,6,8-9,11H,3,5,7H2,1-2H3. The highest BCUT2D eigenvalue weighted by atomic mass is 32.2. The molecule has 1 unspecified atom stereocenters. The summed E-state index contributed by atoms with van der Waals surface area (Å²) in [6.45, 7) is 4.25. The van der Waals surface area contributed by atoms with Crippen molar-refractivity contribution >= 4 is 11.8 Å². The average molecular weight is 199 g/mol. The summed E-state index contributed by atoms with van der Waals surface area (Å²) < 4.78 is 4.97. The van der Waals surface area contributed by atoms with Gasteiger partial charge in [-0.05, 0) is 25.3 Å². The molecular weight excluding hydrogens is 182 g/mol. The second-order valence-corrected chi connectivity index (χ2v) is 4.42. The maximum absolute atomic E-state index is 4.97. The minimum absolute atomic E-state index is 0.747. The van der Waals surface area contributed by atoms with Crippen molar-refractivity contribution in [2.45, 2.75) is 25.1 Å². The first-order valence-corrected chi connectivity index (χ1v) is 5.86. The van der Waals surface area contributed by atoms with Crippen molar-refractivity contribution < 1.29 is 4.42 Å². The molecule has 0 aromatic carbocycles. The van der Waals surface area contributed by atoms with Crippen LogP contribution in [-0.4, -0.2) is 18.1 Å². The van der Waals surface area contributed by atoms with E-state index in [9.17, 15) is 0 Å². The third-order valence-corrected chi connectivity index (χ3v) is 3.08. The van der Waals surface area contributed by atoms with Crippen LogP contribution in [0.25, 0.3) is 0 Å². The first kappa shape index (κ1) is 10.7. The molecule has 0 amide bonds. The van der Waals surface area contributed by atoms with Crippen LogP contribution in [0.1, 0.15) is 18.9 Å². The Hall–Kier alpha value is -0.410. The summed E-state index contributed by atoms with van der Waals surface area (Å²) in [5, 5.41) is 4.13. The van der Waals surface area contributed by atoms with Gasteiger partial charge in [0, 0.05) is 17.4 Å². The minimum atomic E-state index is 0.747. The molecule has 1 aromatic rings. The molecule has 1 heterocycles. The lowest BCUT2D eigenvalue weighted by Gasteiger charge is -2.07. The Labute approximate surface area is 84.1 Å². The fourth-order valence-corrected chi connectivity index (χ4v) is 1.40. The van der Waals surface area contributed by atoms with E-state index in [1.165, 1.54) is 12.0 Å². The molecule has 0 saturated heterocycles. The molecule has 0 aliphatic rings. The van der Waals surface area contributed by atoms with Crippen LogP contribution in [0.4, 0.5) is 0 Å². The molecule has 0 saturated carbocycles. The lowest BCUT2D eigenvalue weighted by molar-refractivity contribution is 0.559. The Bertz CT molecular complexity index is 211. The van der Waals surface area contributed by atoms with Crippen LogP contribution in [0.5, 0.6) is 0 Å².